The van der Waals surface area contributed by atoms with E-state index in [0.717, 1.165) is 12.8 Å². The lowest BCUT2D eigenvalue weighted by Crippen LogP contribution is -2.41. The minimum Gasteiger partial charge on any atom is -0.324 e. The topological polar surface area (TPSA) is 87.2 Å². The zero-order chi connectivity index (χ0) is 21.8. The van der Waals surface area contributed by atoms with E-state index in [4.69, 9.17) is 11.6 Å². The smallest absolute Gasteiger partial charge is 0.321 e. The normalized spacial score (nSPS) is 16.1. The SMILES string of the molecule is O=C(Nc1ccc(F)cc1)c1nnc([C@H]2CCCN(C(=O)Nc3ccc(Cl)cc3)C2)s1. The summed E-state index contributed by atoms with van der Waals surface area (Å²) in [7, 11) is 0. The first-order chi connectivity index (χ1) is 15.0. The highest BCUT2D eigenvalue weighted by atomic mass is 35.5. The fourth-order valence-corrected chi connectivity index (χ4v) is 4.30. The van der Waals surface area contributed by atoms with Gasteiger partial charge in [-0.05, 0) is 61.4 Å². The summed E-state index contributed by atoms with van der Waals surface area (Å²) < 4.78 is 13.0. The number of urea groups is 1. The summed E-state index contributed by atoms with van der Waals surface area (Å²) in [4.78, 5) is 26.8. The molecule has 160 valence electrons. The number of carbonyl (C=O) groups is 2. The Morgan fingerprint density at radius 3 is 2.45 bits per heavy atom. The van der Waals surface area contributed by atoms with Crippen molar-refractivity contribution in [3.05, 3.63) is 69.4 Å². The molecule has 0 bridgehead atoms. The van der Waals surface area contributed by atoms with E-state index in [1.807, 2.05) is 0 Å². The lowest BCUT2D eigenvalue weighted by molar-refractivity contribution is 0.102. The fourth-order valence-electron chi connectivity index (χ4n) is 3.31. The van der Waals surface area contributed by atoms with Crippen LogP contribution in [0.15, 0.2) is 48.5 Å². The minimum atomic E-state index is -0.400. The predicted octanol–water partition coefficient (Wildman–Crippen LogP) is 4.99. The van der Waals surface area contributed by atoms with Crippen LogP contribution in [0.1, 0.15) is 33.6 Å². The van der Waals surface area contributed by atoms with Crippen LogP contribution >= 0.6 is 22.9 Å². The molecule has 0 spiro atoms. The molecule has 0 unspecified atom stereocenters. The maximum Gasteiger partial charge on any atom is 0.321 e. The molecule has 3 amide bonds. The van der Waals surface area contributed by atoms with Gasteiger partial charge < -0.3 is 15.5 Å². The van der Waals surface area contributed by atoms with Gasteiger partial charge in [0, 0.05) is 35.4 Å². The number of likely N-dealkylation sites (tertiary alicyclic amines) is 1. The average Bonchev–Trinajstić information content (AvgIpc) is 3.28. The number of rotatable bonds is 4. The van der Waals surface area contributed by atoms with Gasteiger partial charge in [-0.2, -0.15) is 0 Å². The zero-order valence-corrected chi connectivity index (χ0v) is 17.9. The van der Waals surface area contributed by atoms with Crippen LogP contribution in [0.4, 0.5) is 20.6 Å². The number of hydrogen-bond acceptors (Lipinski definition) is 5. The predicted molar refractivity (Wildman–Crippen MR) is 118 cm³/mol. The Bertz CT molecular complexity index is 1070. The molecule has 2 heterocycles. The number of hydrogen-bond donors (Lipinski definition) is 2. The van der Waals surface area contributed by atoms with E-state index in [2.05, 4.69) is 20.8 Å². The van der Waals surface area contributed by atoms with Crippen molar-refractivity contribution in [2.75, 3.05) is 23.7 Å². The number of carbonyl (C=O) groups excluding carboxylic acids is 2. The third-order valence-electron chi connectivity index (χ3n) is 4.89. The zero-order valence-electron chi connectivity index (χ0n) is 16.3. The van der Waals surface area contributed by atoms with Gasteiger partial charge in [0.05, 0.1) is 0 Å². The molecular weight excluding hydrogens is 441 g/mol. The molecule has 0 aliphatic carbocycles. The quantitative estimate of drug-likeness (QED) is 0.575. The largest absolute Gasteiger partial charge is 0.324 e. The number of anilines is 2. The first-order valence-electron chi connectivity index (χ1n) is 9.70. The molecule has 1 aromatic heterocycles. The van der Waals surface area contributed by atoms with Gasteiger partial charge in [-0.25, -0.2) is 9.18 Å². The summed E-state index contributed by atoms with van der Waals surface area (Å²) in [5.41, 5.74) is 1.15. The van der Waals surface area contributed by atoms with Gasteiger partial charge in [-0.3, -0.25) is 4.79 Å². The molecule has 2 aromatic carbocycles. The number of nitrogens with one attached hydrogen (secondary N) is 2. The first-order valence-corrected chi connectivity index (χ1v) is 10.9. The summed E-state index contributed by atoms with van der Waals surface area (Å²) in [5.74, 6) is -0.767. The molecule has 1 fully saturated rings. The summed E-state index contributed by atoms with van der Waals surface area (Å²) in [5, 5.41) is 15.3. The van der Waals surface area contributed by atoms with E-state index in [1.54, 1.807) is 29.2 Å². The summed E-state index contributed by atoms with van der Waals surface area (Å²) in [6, 6.07) is 12.2. The lowest BCUT2D eigenvalue weighted by atomic mass is 9.99. The molecule has 10 heteroatoms. The van der Waals surface area contributed by atoms with Crippen molar-refractivity contribution in [2.45, 2.75) is 18.8 Å². The van der Waals surface area contributed by atoms with Gasteiger partial charge in [-0.1, -0.05) is 22.9 Å². The molecule has 2 N–H and O–H groups in total. The van der Waals surface area contributed by atoms with Crippen LogP contribution in [-0.2, 0) is 0 Å². The second-order valence-corrected chi connectivity index (χ2v) is 8.57. The number of halogens is 2. The Labute approximate surface area is 187 Å². The maximum atomic E-state index is 13.0. The third kappa shape index (κ3) is 5.36. The standard InChI is InChI=1S/C21H19ClFN5O2S/c22-14-3-7-17(8-4-14)25-21(30)28-11-1-2-13(12-28)19-26-27-20(31-19)18(29)24-16-9-5-15(23)6-10-16/h3-10,13H,1-2,11-12H2,(H,24,29)(H,25,30)/t13-/m0/s1. The Kier molecular flexibility index (Phi) is 6.43. The molecule has 3 aromatic rings. The highest BCUT2D eigenvalue weighted by Gasteiger charge is 2.28. The Balaban J connectivity index is 1.37. The van der Waals surface area contributed by atoms with Crippen LogP contribution in [-0.4, -0.2) is 40.1 Å². The third-order valence-corrected chi connectivity index (χ3v) is 6.23. The van der Waals surface area contributed by atoms with Crippen LogP contribution in [0.5, 0.6) is 0 Å². The number of amides is 3. The molecule has 0 radical (unpaired) electrons. The molecule has 31 heavy (non-hydrogen) atoms. The number of aromatic nitrogens is 2. The Hall–Kier alpha value is -3.04. The van der Waals surface area contributed by atoms with E-state index in [0.29, 0.717) is 34.5 Å². The Morgan fingerprint density at radius 1 is 1.03 bits per heavy atom. The van der Waals surface area contributed by atoms with Gasteiger partial charge in [0.2, 0.25) is 5.01 Å². The first kappa shape index (κ1) is 21.2. The number of piperidine rings is 1. The van der Waals surface area contributed by atoms with Crippen molar-refractivity contribution in [1.29, 1.82) is 0 Å². The van der Waals surface area contributed by atoms with Gasteiger partial charge >= 0.3 is 6.03 Å². The molecule has 7 nitrogen and oxygen atoms in total. The molecule has 0 saturated carbocycles. The minimum absolute atomic E-state index is 0.00888. The lowest BCUT2D eigenvalue weighted by Gasteiger charge is -2.31. The number of nitrogens with zero attached hydrogens (tertiary/aromatic N) is 3. The van der Waals surface area contributed by atoms with Crippen LogP contribution < -0.4 is 10.6 Å². The summed E-state index contributed by atoms with van der Waals surface area (Å²) in [6.07, 6.45) is 1.69. The van der Waals surface area contributed by atoms with Gasteiger partial charge in [0.15, 0.2) is 0 Å². The van der Waals surface area contributed by atoms with Crippen molar-refractivity contribution >= 4 is 46.3 Å². The van der Waals surface area contributed by atoms with E-state index >= 15 is 0 Å². The van der Waals surface area contributed by atoms with Crippen molar-refractivity contribution in [3.63, 3.8) is 0 Å². The second kappa shape index (κ2) is 9.40. The van der Waals surface area contributed by atoms with Crippen molar-refractivity contribution in [3.8, 4) is 0 Å². The van der Waals surface area contributed by atoms with E-state index in [9.17, 15) is 14.0 Å². The molecule has 1 aliphatic heterocycles. The van der Waals surface area contributed by atoms with Crippen LogP contribution in [0.2, 0.25) is 5.02 Å². The maximum absolute atomic E-state index is 13.0. The molecular formula is C21H19ClFN5O2S. The van der Waals surface area contributed by atoms with E-state index in [-0.39, 0.29) is 22.8 Å². The van der Waals surface area contributed by atoms with Crippen LogP contribution in [0, 0.1) is 5.82 Å². The molecule has 4 rings (SSSR count). The molecule has 1 saturated heterocycles. The number of benzene rings is 2. The highest BCUT2D eigenvalue weighted by molar-refractivity contribution is 7.13. The van der Waals surface area contributed by atoms with Crippen molar-refractivity contribution in [2.24, 2.45) is 0 Å². The monoisotopic (exact) mass is 459 g/mol. The summed E-state index contributed by atoms with van der Waals surface area (Å²) >= 11 is 7.09. The fraction of sp³-hybridized carbons (Fsp3) is 0.238. The van der Waals surface area contributed by atoms with Crippen molar-refractivity contribution < 1.29 is 14.0 Å². The van der Waals surface area contributed by atoms with Crippen molar-refractivity contribution in [1.82, 2.24) is 15.1 Å². The van der Waals surface area contributed by atoms with Gasteiger partial charge in [0.1, 0.15) is 10.8 Å². The van der Waals surface area contributed by atoms with E-state index < -0.39 is 5.91 Å². The van der Waals surface area contributed by atoms with Gasteiger partial charge in [-0.15, -0.1) is 10.2 Å². The molecule has 1 atom stereocenters. The Morgan fingerprint density at radius 2 is 1.71 bits per heavy atom. The average molecular weight is 460 g/mol. The second-order valence-electron chi connectivity index (χ2n) is 7.13. The molecule has 1 aliphatic rings. The summed E-state index contributed by atoms with van der Waals surface area (Å²) in [6.45, 7) is 1.14. The highest BCUT2D eigenvalue weighted by Crippen LogP contribution is 2.30. The van der Waals surface area contributed by atoms with Gasteiger partial charge in [0.25, 0.3) is 5.91 Å². The van der Waals surface area contributed by atoms with Crippen LogP contribution in [0.3, 0.4) is 0 Å². The van der Waals surface area contributed by atoms with Crippen LogP contribution in [0.25, 0.3) is 0 Å². The van der Waals surface area contributed by atoms with E-state index in [1.165, 1.54) is 35.6 Å².